The third kappa shape index (κ3) is 3.15. The number of rotatable bonds is 2. The summed E-state index contributed by atoms with van der Waals surface area (Å²) in [5.74, 6) is 1.07. The Morgan fingerprint density at radius 2 is 1.77 bits per heavy atom. The average Bonchev–Trinajstić information content (AvgIpc) is 2.15. The zero-order chi connectivity index (χ0) is 9.68. The molecule has 0 unspecified atom stereocenters. The van der Waals surface area contributed by atoms with Crippen molar-refractivity contribution in [1.82, 2.24) is 5.43 Å². The van der Waals surface area contributed by atoms with E-state index in [0.29, 0.717) is 0 Å². The van der Waals surface area contributed by atoms with Crippen molar-refractivity contribution in [1.29, 1.82) is 0 Å². The number of benzene rings is 1. The van der Waals surface area contributed by atoms with E-state index in [4.69, 9.17) is 0 Å². The van der Waals surface area contributed by atoms with Gasteiger partial charge in [-0.05, 0) is 12.1 Å². The Morgan fingerprint density at radius 1 is 1.15 bits per heavy atom. The van der Waals surface area contributed by atoms with Gasteiger partial charge in [0.2, 0.25) is 0 Å². The summed E-state index contributed by atoms with van der Waals surface area (Å²) >= 11 is 0. The fourth-order valence-corrected chi connectivity index (χ4v) is 0.796. The van der Waals surface area contributed by atoms with Crippen LogP contribution in [0.2, 0.25) is 0 Å². The average molecular weight is 178 g/mol. The van der Waals surface area contributed by atoms with E-state index in [-0.39, 0.29) is 0 Å². The molecule has 0 aliphatic rings. The fourth-order valence-electron chi connectivity index (χ4n) is 0.796. The summed E-state index contributed by atoms with van der Waals surface area (Å²) in [4.78, 5) is 0. The van der Waals surface area contributed by atoms with E-state index in [9.17, 15) is 0 Å². The summed E-state index contributed by atoms with van der Waals surface area (Å²) < 4.78 is 2.01. The Labute approximate surface area is 79.1 Å². The van der Waals surface area contributed by atoms with E-state index in [1.807, 2.05) is 55.9 Å². The minimum atomic E-state index is 1.06. The van der Waals surface area contributed by atoms with Crippen LogP contribution in [-0.2, 0) is 0 Å². The quantitative estimate of drug-likeness (QED) is 0.309. The Morgan fingerprint density at radius 3 is 2.31 bits per heavy atom. The van der Waals surface area contributed by atoms with Crippen molar-refractivity contribution in [3.63, 3.8) is 0 Å². The van der Waals surface area contributed by atoms with Crippen LogP contribution in [0.4, 0.5) is 5.69 Å². The van der Waals surface area contributed by atoms with Gasteiger partial charge in [0.1, 0.15) is 0 Å². The molecule has 13 heavy (non-hydrogen) atoms. The fraction of sp³-hybridized carbons (Fsp3) is 0.300. The van der Waals surface area contributed by atoms with Crippen LogP contribution in [0.1, 0.15) is 6.92 Å². The van der Waals surface area contributed by atoms with Gasteiger partial charge in [0.25, 0.3) is 5.84 Å². The first-order valence-corrected chi connectivity index (χ1v) is 4.28. The van der Waals surface area contributed by atoms with Crippen LogP contribution in [0, 0.1) is 0 Å². The summed E-state index contributed by atoms with van der Waals surface area (Å²) in [5.41, 5.74) is 7.25. The van der Waals surface area contributed by atoms with Gasteiger partial charge in [-0.3, -0.25) is 4.58 Å². The molecule has 1 rings (SSSR count). The molecule has 0 saturated carbocycles. The maximum atomic E-state index is 3.10. The van der Waals surface area contributed by atoms with Gasteiger partial charge in [-0.15, -0.1) is 0 Å². The van der Waals surface area contributed by atoms with Gasteiger partial charge in [-0.25, -0.2) is 5.43 Å². The summed E-state index contributed by atoms with van der Waals surface area (Å²) in [6.07, 6.45) is 0. The number of nitrogens with one attached hydrogen (secondary N) is 2. The largest absolute Gasteiger partial charge is 0.270 e. The monoisotopic (exact) mass is 178 g/mol. The van der Waals surface area contributed by atoms with Gasteiger partial charge in [-0.1, -0.05) is 18.2 Å². The number of para-hydroxylation sites is 1. The van der Waals surface area contributed by atoms with E-state index in [1.165, 1.54) is 0 Å². The van der Waals surface area contributed by atoms with Crippen molar-refractivity contribution in [3.8, 4) is 0 Å². The zero-order valence-corrected chi connectivity index (χ0v) is 8.33. The number of nitrogens with zero attached hydrogens (tertiary/aromatic N) is 1. The molecule has 0 bridgehead atoms. The lowest BCUT2D eigenvalue weighted by Gasteiger charge is -2.03. The smallest absolute Gasteiger partial charge is 0.264 e. The number of hydrazine groups is 1. The predicted octanol–water partition coefficient (Wildman–Crippen LogP) is 1.29. The van der Waals surface area contributed by atoms with E-state index in [0.717, 1.165) is 11.5 Å². The highest BCUT2D eigenvalue weighted by Crippen LogP contribution is 2.02. The molecule has 0 radical (unpaired) electrons. The SMILES string of the molecule is CC(NNc1ccccc1)=[N+](C)C. The molecule has 0 saturated heterocycles. The molecule has 0 aliphatic carbocycles. The van der Waals surface area contributed by atoms with E-state index >= 15 is 0 Å². The third-order valence-electron chi connectivity index (χ3n) is 1.83. The minimum Gasteiger partial charge on any atom is -0.270 e. The first-order valence-electron chi connectivity index (χ1n) is 4.28. The lowest BCUT2D eigenvalue weighted by atomic mass is 10.3. The molecular formula is C10H16N3+. The summed E-state index contributed by atoms with van der Waals surface area (Å²) in [5, 5.41) is 0. The molecule has 0 fully saturated rings. The second-order valence-electron chi connectivity index (χ2n) is 3.10. The van der Waals surface area contributed by atoms with Crippen LogP contribution in [0.3, 0.4) is 0 Å². The highest BCUT2D eigenvalue weighted by Gasteiger charge is 1.97. The maximum absolute atomic E-state index is 3.10. The summed E-state index contributed by atoms with van der Waals surface area (Å²) in [6, 6.07) is 10.0. The number of anilines is 1. The molecule has 0 aliphatic heterocycles. The molecule has 2 N–H and O–H groups in total. The number of hydrogen-bond donors (Lipinski definition) is 2. The van der Waals surface area contributed by atoms with E-state index in [2.05, 4.69) is 10.9 Å². The van der Waals surface area contributed by atoms with Crippen LogP contribution in [0.5, 0.6) is 0 Å². The van der Waals surface area contributed by atoms with Crippen molar-refractivity contribution in [2.24, 2.45) is 0 Å². The van der Waals surface area contributed by atoms with E-state index < -0.39 is 0 Å². The zero-order valence-electron chi connectivity index (χ0n) is 8.33. The molecule has 0 heterocycles. The van der Waals surface area contributed by atoms with Crippen molar-refractivity contribution >= 4 is 11.5 Å². The first kappa shape index (κ1) is 9.58. The Balaban J connectivity index is 2.49. The molecule has 3 nitrogen and oxygen atoms in total. The molecule has 3 heteroatoms. The van der Waals surface area contributed by atoms with Crippen LogP contribution in [-0.4, -0.2) is 24.5 Å². The minimum absolute atomic E-state index is 1.06. The lowest BCUT2D eigenvalue weighted by molar-refractivity contribution is -0.467. The molecule has 0 amide bonds. The van der Waals surface area contributed by atoms with Crippen molar-refractivity contribution < 1.29 is 4.58 Å². The predicted molar refractivity (Wildman–Crippen MR) is 56.0 cm³/mol. The standard InChI is InChI=1S/C10H15N3/c1-9(13(2)3)11-12-10-7-5-4-6-8-10/h4-8,12H,1-3H3/p+1. The second kappa shape index (κ2) is 4.50. The van der Waals surface area contributed by atoms with Crippen molar-refractivity contribution in [3.05, 3.63) is 30.3 Å². The van der Waals surface area contributed by atoms with Crippen LogP contribution < -0.4 is 10.9 Å². The molecule has 0 atom stereocenters. The number of amidine groups is 1. The molecular weight excluding hydrogens is 162 g/mol. The van der Waals surface area contributed by atoms with Gasteiger partial charge in [-0.2, -0.15) is 5.43 Å². The third-order valence-corrected chi connectivity index (χ3v) is 1.83. The van der Waals surface area contributed by atoms with Crippen molar-refractivity contribution in [2.75, 3.05) is 19.5 Å². The Bertz CT molecular complexity index is 286. The molecule has 1 aromatic rings. The highest BCUT2D eigenvalue weighted by atomic mass is 15.4. The molecule has 0 aromatic heterocycles. The first-order chi connectivity index (χ1) is 6.20. The number of hydrogen-bond acceptors (Lipinski definition) is 1. The lowest BCUT2D eigenvalue weighted by Crippen LogP contribution is -2.32. The Kier molecular flexibility index (Phi) is 3.31. The van der Waals surface area contributed by atoms with Crippen LogP contribution in [0.15, 0.2) is 30.3 Å². The van der Waals surface area contributed by atoms with Gasteiger partial charge < -0.3 is 0 Å². The highest BCUT2D eigenvalue weighted by molar-refractivity contribution is 5.75. The Hall–Kier alpha value is -1.51. The second-order valence-corrected chi connectivity index (χ2v) is 3.10. The van der Waals surface area contributed by atoms with Crippen molar-refractivity contribution in [2.45, 2.75) is 6.92 Å². The molecule has 70 valence electrons. The van der Waals surface area contributed by atoms with Crippen LogP contribution in [0.25, 0.3) is 0 Å². The normalized spacial score (nSPS) is 9.15. The topological polar surface area (TPSA) is 27.1 Å². The van der Waals surface area contributed by atoms with Gasteiger partial charge in [0.05, 0.1) is 19.8 Å². The maximum Gasteiger partial charge on any atom is 0.264 e. The summed E-state index contributed by atoms with van der Waals surface area (Å²) in [7, 11) is 3.99. The van der Waals surface area contributed by atoms with Gasteiger partial charge in [0, 0.05) is 6.92 Å². The van der Waals surface area contributed by atoms with E-state index in [1.54, 1.807) is 0 Å². The molecule has 1 aromatic carbocycles. The van der Waals surface area contributed by atoms with Gasteiger partial charge >= 0.3 is 0 Å². The van der Waals surface area contributed by atoms with Crippen LogP contribution >= 0.6 is 0 Å². The molecule has 0 spiro atoms. The summed E-state index contributed by atoms with van der Waals surface area (Å²) in [6.45, 7) is 2.01. The van der Waals surface area contributed by atoms with Gasteiger partial charge in [0.15, 0.2) is 0 Å².